The smallest absolute Gasteiger partial charge is 0.148 e. The molecule has 324 valence electrons. The van der Waals surface area contributed by atoms with Gasteiger partial charge < -0.3 is 5.11 Å². The van der Waals surface area contributed by atoms with Gasteiger partial charge in [0.25, 0.3) is 0 Å². The predicted octanol–water partition coefficient (Wildman–Crippen LogP) is 15.6. The first-order chi connectivity index (χ1) is 29.6. The third kappa shape index (κ3) is 9.11. The van der Waals surface area contributed by atoms with Crippen LogP contribution in [0.25, 0.3) is 72.7 Å². The van der Waals surface area contributed by atoms with Crippen molar-refractivity contribution in [3.8, 4) is 67.5 Å². The average molecular weight is 1010 g/mol. The second-order valence-corrected chi connectivity index (χ2v) is 20.2. The summed E-state index contributed by atoms with van der Waals surface area (Å²) in [4.78, 5) is 10.5. The van der Waals surface area contributed by atoms with Gasteiger partial charge in [0.05, 0.1) is 22.3 Å². The van der Waals surface area contributed by atoms with Crippen molar-refractivity contribution >= 4 is 11.0 Å². The summed E-state index contributed by atoms with van der Waals surface area (Å²) in [5, 5.41) is 12.0. The largest absolute Gasteiger partial charge is 0.507 e. The Hall–Kier alpha value is -5.57. The Morgan fingerprint density at radius 3 is 1.89 bits per heavy atom. The van der Waals surface area contributed by atoms with Crippen LogP contribution in [0.3, 0.4) is 0 Å². The van der Waals surface area contributed by atoms with Crippen LogP contribution in [0.1, 0.15) is 111 Å². The number of hydrogen-bond donors (Lipinski definition) is 1. The molecule has 0 saturated carbocycles. The van der Waals surface area contributed by atoms with Crippen molar-refractivity contribution in [2.45, 2.75) is 105 Å². The molecule has 0 aliphatic heterocycles. The molecule has 0 unspecified atom stereocenters. The SMILES string of the molecule is [2H]C(C)(C)c1ccc(-c2ccnc(-c3[c-]c(-c4cccc5c4nc(-c4cc(C(C)(C)C)cc(C)c4O)n5-c4ccc(C(C)(C)C)cc4-c4ccccc4)cc(C(C)(C)C)c3)c2)cc1.[Pt]. The molecule has 0 atom stereocenters. The van der Waals surface area contributed by atoms with Crippen LogP contribution < -0.4 is 0 Å². The van der Waals surface area contributed by atoms with Gasteiger partial charge in [-0.15, -0.1) is 29.3 Å². The molecule has 63 heavy (non-hydrogen) atoms. The molecule has 8 rings (SSSR count). The van der Waals surface area contributed by atoms with Crippen LogP contribution in [0.5, 0.6) is 5.75 Å². The molecular weight excluding hydrogens is 950 g/mol. The number of phenols is 1. The van der Waals surface area contributed by atoms with Gasteiger partial charge in [0.1, 0.15) is 11.6 Å². The topological polar surface area (TPSA) is 50.9 Å². The molecule has 5 heteroatoms. The Bertz CT molecular complexity index is 2990. The Morgan fingerprint density at radius 2 is 1.24 bits per heavy atom. The van der Waals surface area contributed by atoms with E-state index in [-0.39, 0.29) is 43.1 Å². The van der Waals surface area contributed by atoms with Crippen molar-refractivity contribution in [1.29, 1.82) is 0 Å². The van der Waals surface area contributed by atoms with E-state index in [1.807, 2.05) is 45.2 Å². The van der Waals surface area contributed by atoms with Crippen molar-refractivity contribution in [2.75, 3.05) is 0 Å². The Morgan fingerprint density at radius 1 is 0.603 bits per heavy atom. The number of para-hydroxylation sites is 1. The summed E-state index contributed by atoms with van der Waals surface area (Å²) in [6.45, 7) is 25.9. The number of aromatic nitrogens is 3. The maximum atomic E-state index is 12.0. The fourth-order valence-corrected chi connectivity index (χ4v) is 8.21. The molecule has 0 bridgehead atoms. The maximum absolute atomic E-state index is 12.0. The van der Waals surface area contributed by atoms with Gasteiger partial charge in [-0.2, -0.15) is 0 Å². The average Bonchev–Trinajstić information content (AvgIpc) is 3.62. The number of rotatable bonds is 7. The molecule has 8 aromatic rings. The molecule has 2 heterocycles. The minimum Gasteiger partial charge on any atom is -0.507 e. The number of phenolic OH excluding ortho intramolecular Hbond substituents is 1. The Kier molecular flexibility index (Phi) is 12.0. The molecule has 2 aromatic heterocycles. The molecule has 0 amide bonds. The van der Waals surface area contributed by atoms with Crippen LogP contribution in [0.2, 0.25) is 0 Å². The van der Waals surface area contributed by atoms with Crippen molar-refractivity contribution in [3.63, 3.8) is 0 Å². The minimum absolute atomic E-state index is 0. The molecule has 0 spiro atoms. The fourth-order valence-electron chi connectivity index (χ4n) is 8.21. The van der Waals surface area contributed by atoms with Gasteiger partial charge in [-0.25, -0.2) is 4.98 Å². The number of nitrogens with zero attached hydrogens (tertiary/aromatic N) is 3. The molecule has 0 fully saturated rings. The zero-order chi connectivity index (χ0) is 45.2. The normalized spacial score (nSPS) is 12.6. The second kappa shape index (κ2) is 17.2. The first-order valence-electron chi connectivity index (χ1n) is 22.3. The number of aryl methyl sites for hydroxylation is 1. The molecule has 4 nitrogen and oxygen atoms in total. The van der Waals surface area contributed by atoms with E-state index in [1.165, 1.54) is 5.56 Å². The van der Waals surface area contributed by atoms with E-state index in [0.717, 1.165) is 83.6 Å². The van der Waals surface area contributed by atoms with E-state index in [2.05, 4.69) is 182 Å². The third-order valence-electron chi connectivity index (χ3n) is 12.1. The quantitative estimate of drug-likeness (QED) is 0.162. The number of benzene rings is 6. The first-order valence-corrected chi connectivity index (χ1v) is 21.8. The number of imidazole rings is 1. The molecule has 0 aliphatic carbocycles. The zero-order valence-corrected chi connectivity index (χ0v) is 41.1. The van der Waals surface area contributed by atoms with Gasteiger partial charge in [0, 0.05) is 39.9 Å². The van der Waals surface area contributed by atoms with Crippen LogP contribution in [0.4, 0.5) is 0 Å². The Balaban J connectivity index is 0.00000612. The van der Waals surface area contributed by atoms with Crippen LogP contribution in [-0.4, -0.2) is 19.6 Å². The van der Waals surface area contributed by atoms with E-state index in [1.54, 1.807) is 0 Å². The van der Waals surface area contributed by atoms with Crippen LogP contribution >= 0.6 is 0 Å². The summed E-state index contributed by atoms with van der Waals surface area (Å²) in [6, 6.07) is 48.7. The summed E-state index contributed by atoms with van der Waals surface area (Å²) in [5.41, 5.74) is 16.2. The summed E-state index contributed by atoms with van der Waals surface area (Å²) in [5.74, 6) is 0.226. The molecule has 0 radical (unpaired) electrons. The van der Waals surface area contributed by atoms with Crippen molar-refractivity contribution in [2.24, 2.45) is 0 Å². The van der Waals surface area contributed by atoms with E-state index in [4.69, 9.17) is 11.3 Å². The van der Waals surface area contributed by atoms with E-state index in [0.29, 0.717) is 11.4 Å². The van der Waals surface area contributed by atoms with Crippen molar-refractivity contribution < 1.29 is 27.5 Å². The molecule has 0 aliphatic rings. The van der Waals surface area contributed by atoms with Crippen molar-refractivity contribution in [1.82, 2.24) is 14.5 Å². The van der Waals surface area contributed by atoms with E-state index < -0.39 is 5.89 Å². The zero-order valence-electron chi connectivity index (χ0n) is 39.8. The first kappa shape index (κ1) is 44.1. The van der Waals surface area contributed by atoms with Gasteiger partial charge >= 0.3 is 0 Å². The second-order valence-electron chi connectivity index (χ2n) is 20.2. The summed E-state index contributed by atoms with van der Waals surface area (Å²) in [6.07, 6.45) is 1.87. The van der Waals surface area contributed by atoms with Gasteiger partial charge in [0.15, 0.2) is 0 Å². The maximum Gasteiger partial charge on any atom is 0.148 e. The minimum atomic E-state index is -0.670. The molecule has 6 aromatic carbocycles. The van der Waals surface area contributed by atoms with Gasteiger partial charge in [-0.1, -0.05) is 172 Å². The number of aromatic hydroxyl groups is 1. The third-order valence-corrected chi connectivity index (χ3v) is 12.1. The van der Waals surface area contributed by atoms with Crippen molar-refractivity contribution in [3.05, 3.63) is 167 Å². The number of fused-ring (bicyclic) bond motifs is 1. The van der Waals surface area contributed by atoms with Crippen LogP contribution in [-0.2, 0) is 37.3 Å². The predicted molar refractivity (Wildman–Crippen MR) is 261 cm³/mol. The molecular formula is C58H60N3OPt-. The Labute approximate surface area is 391 Å². The van der Waals surface area contributed by atoms with Gasteiger partial charge in [-0.3, -0.25) is 9.55 Å². The monoisotopic (exact) mass is 1010 g/mol. The van der Waals surface area contributed by atoms with E-state index >= 15 is 0 Å². The standard InChI is InChI=1S/C58H60N3O.Pt/c1-36(2)38-21-23-39(24-22-38)41-27-28-59-50(33-41)43-30-42(31-46(32-43)58(10,11)12)47-19-16-20-52-53(47)60-55(49-35-45(57(7,8)9)29-37(3)54(49)62)61(52)51-26-25-44(56(4,5)6)34-48(51)40-17-14-13-15-18-40;/h13-29,31-36,62H,1-12H3;/q-1;/i36D;. The molecule has 1 N–H and O–H groups in total. The summed E-state index contributed by atoms with van der Waals surface area (Å²) in [7, 11) is 0. The number of pyridine rings is 1. The van der Waals surface area contributed by atoms with Gasteiger partial charge in [0.2, 0.25) is 0 Å². The molecule has 0 saturated heterocycles. The van der Waals surface area contributed by atoms with Crippen LogP contribution in [0, 0.1) is 13.0 Å². The fraction of sp³-hybridized carbons (Fsp3) is 0.276. The summed E-state index contributed by atoms with van der Waals surface area (Å²) >= 11 is 0. The number of hydrogen-bond acceptors (Lipinski definition) is 3. The van der Waals surface area contributed by atoms with Gasteiger partial charge in [-0.05, 0) is 98.3 Å². The summed E-state index contributed by atoms with van der Waals surface area (Å²) < 4.78 is 10.7. The van der Waals surface area contributed by atoms with E-state index in [9.17, 15) is 5.11 Å². The van der Waals surface area contributed by atoms with Crippen LogP contribution in [0.15, 0.2) is 134 Å².